The molecule has 0 spiro atoms. The Balaban J connectivity index is 0.00000121. The molecule has 0 aliphatic rings. The van der Waals surface area contributed by atoms with Crippen LogP contribution in [-0.4, -0.2) is 12.6 Å². The summed E-state index contributed by atoms with van der Waals surface area (Å²) in [7, 11) is 0. The van der Waals surface area contributed by atoms with Crippen LogP contribution in [-0.2, 0) is 0 Å². The van der Waals surface area contributed by atoms with Crippen molar-refractivity contribution in [1.29, 1.82) is 0 Å². The highest BCUT2D eigenvalue weighted by Gasteiger charge is 1.94. The van der Waals surface area contributed by atoms with Crippen LogP contribution in [0.5, 0.6) is 5.75 Å². The van der Waals surface area contributed by atoms with Crippen LogP contribution < -0.4 is 10.5 Å². The van der Waals surface area contributed by atoms with Crippen LogP contribution in [0.25, 0.3) is 0 Å². The Kier molecular flexibility index (Phi) is 5.51. The maximum atomic E-state index is 5.52. The number of nitrogens with two attached hydrogens (primary N) is 1. The Bertz CT molecular complexity index is 201. The standard InChI is InChI=1S/C9H13NO.ClH/c1-8(10)7-11-9-5-3-2-4-6-9;/h2-6,8H,7,10H2,1H3;1H/t8-;/m0./s1. The molecule has 0 bridgehead atoms. The Morgan fingerprint density at radius 1 is 1.33 bits per heavy atom. The Labute approximate surface area is 79.1 Å². The second-order valence-electron chi connectivity index (χ2n) is 2.60. The number of para-hydroxylation sites is 1. The molecule has 2 N–H and O–H groups in total. The van der Waals surface area contributed by atoms with Gasteiger partial charge < -0.3 is 10.5 Å². The summed E-state index contributed by atoms with van der Waals surface area (Å²) in [5, 5.41) is 0. The maximum Gasteiger partial charge on any atom is 0.119 e. The summed E-state index contributed by atoms with van der Waals surface area (Å²) < 4.78 is 5.34. The first-order valence-electron chi connectivity index (χ1n) is 3.72. The fourth-order valence-corrected chi connectivity index (χ4v) is 0.744. The van der Waals surface area contributed by atoms with Crippen molar-refractivity contribution in [2.75, 3.05) is 6.61 Å². The van der Waals surface area contributed by atoms with Gasteiger partial charge in [-0.1, -0.05) is 18.2 Å². The molecule has 1 rings (SSSR count). The Morgan fingerprint density at radius 3 is 2.42 bits per heavy atom. The van der Waals surface area contributed by atoms with Crippen molar-refractivity contribution in [3.05, 3.63) is 30.3 Å². The van der Waals surface area contributed by atoms with Crippen LogP contribution in [0.1, 0.15) is 6.92 Å². The number of ether oxygens (including phenoxy) is 1. The molecule has 0 saturated heterocycles. The van der Waals surface area contributed by atoms with E-state index in [1.54, 1.807) is 0 Å². The SMILES string of the molecule is C[C@H](N)COc1ccccc1.Cl. The monoisotopic (exact) mass is 187 g/mol. The minimum Gasteiger partial charge on any atom is -0.492 e. The average Bonchev–Trinajstić information content (AvgIpc) is 2.03. The molecule has 0 aliphatic heterocycles. The van der Waals surface area contributed by atoms with Gasteiger partial charge in [0.25, 0.3) is 0 Å². The molecule has 0 radical (unpaired) electrons. The molecule has 0 heterocycles. The summed E-state index contributed by atoms with van der Waals surface area (Å²) in [4.78, 5) is 0. The van der Waals surface area contributed by atoms with E-state index >= 15 is 0 Å². The molecule has 0 aromatic heterocycles. The zero-order valence-corrected chi connectivity index (χ0v) is 7.88. The predicted molar refractivity (Wildman–Crippen MR) is 52.8 cm³/mol. The molecule has 1 atom stereocenters. The van der Waals surface area contributed by atoms with Crippen molar-refractivity contribution in [3.8, 4) is 5.75 Å². The topological polar surface area (TPSA) is 35.2 Å². The van der Waals surface area contributed by atoms with E-state index in [2.05, 4.69) is 0 Å². The van der Waals surface area contributed by atoms with Crippen LogP contribution in [0, 0.1) is 0 Å². The van der Waals surface area contributed by atoms with Crippen molar-refractivity contribution >= 4 is 12.4 Å². The zero-order chi connectivity index (χ0) is 8.10. The molecule has 0 saturated carbocycles. The molecule has 0 fully saturated rings. The van der Waals surface area contributed by atoms with Gasteiger partial charge in [0, 0.05) is 6.04 Å². The quantitative estimate of drug-likeness (QED) is 0.784. The second-order valence-corrected chi connectivity index (χ2v) is 2.60. The fraction of sp³-hybridized carbons (Fsp3) is 0.333. The average molecular weight is 188 g/mol. The lowest BCUT2D eigenvalue weighted by Gasteiger charge is -2.07. The molecule has 1 aromatic rings. The summed E-state index contributed by atoms with van der Waals surface area (Å²) >= 11 is 0. The summed E-state index contributed by atoms with van der Waals surface area (Å²) in [6, 6.07) is 9.77. The molecular formula is C9H14ClNO. The molecular weight excluding hydrogens is 174 g/mol. The van der Waals surface area contributed by atoms with E-state index in [9.17, 15) is 0 Å². The summed E-state index contributed by atoms with van der Waals surface area (Å²) in [6.45, 7) is 2.49. The van der Waals surface area contributed by atoms with Crippen LogP contribution in [0.15, 0.2) is 30.3 Å². The van der Waals surface area contributed by atoms with Crippen molar-refractivity contribution < 1.29 is 4.74 Å². The number of benzene rings is 1. The van der Waals surface area contributed by atoms with E-state index in [0.29, 0.717) is 6.61 Å². The van der Waals surface area contributed by atoms with Crippen LogP contribution in [0.3, 0.4) is 0 Å². The van der Waals surface area contributed by atoms with E-state index in [1.807, 2.05) is 37.3 Å². The Morgan fingerprint density at radius 2 is 1.92 bits per heavy atom. The van der Waals surface area contributed by atoms with E-state index in [4.69, 9.17) is 10.5 Å². The van der Waals surface area contributed by atoms with E-state index < -0.39 is 0 Å². The largest absolute Gasteiger partial charge is 0.492 e. The van der Waals surface area contributed by atoms with E-state index in [0.717, 1.165) is 5.75 Å². The van der Waals surface area contributed by atoms with Gasteiger partial charge in [-0.2, -0.15) is 0 Å². The zero-order valence-electron chi connectivity index (χ0n) is 7.07. The van der Waals surface area contributed by atoms with Gasteiger partial charge in [0.2, 0.25) is 0 Å². The first kappa shape index (κ1) is 11.3. The number of hydrogen-bond donors (Lipinski definition) is 1. The third-order valence-corrected chi connectivity index (χ3v) is 1.26. The smallest absolute Gasteiger partial charge is 0.119 e. The van der Waals surface area contributed by atoms with Crippen molar-refractivity contribution in [3.63, 3.8) is 0 Å². The highest BCUT2D eigenvalue weighted by molar-refractivity contribution is 5.85. The molecule has 0 unspecified atom stereocenters. The van der Waals surface area contributed by atoms with Crippen LogP contribution in [0.4, 0.5) is 0 Å². The highest BCUT2D eigenvalue weighted by Crippen LogP contribution is 2.07. The first-order valence-corrected chi connectivity index (χ1v) is 3.72. The van der Waals surface area contributed by atoms with Crippen LogP contribution in [0.2, 0.25) is 0 Å². The van der Waals surface area contributed by atoms with Crippen molar-refractivity contribution in [2.24, 2.45) is 5.73 Å². The van der Waals surface area contributed by atoms with Crippen molar-refractivity contribution in [2.45, 2.75) is 13.0 Å². The minimum absolute atomic E-state index is 0. The maximum absolute atomic E-state index is 5.52. The predicted octanol–water partition coefficient (Wildman–Crippen LogP) is 1.83. The lowest BCUT2D eigenvalue weighted by atomic mass is 10.3. The van der Waals surface area contributed by atoms with Gasteiger partial charge in [0.05, 0.1) is 0 Å². The van der Waals surface area contributed by atoms with Crippen molar-refractivity contribution in [1.82, 2.24) is 0 Å². The lowest BCUT2D eigenvalue weighted by Crippen LogP contribution is -2.23. The number of hydrogen-bond acceptors (Lipinski definition) is 2. The normalized spacial score (nSPS) is 11.5. The third-order valence-electron chi connectivity index (χ3n) is 1.26. The van der Waals surface area contributed by atoms with Gasteiger partial charge in [0.15, 0.2) is 0 Å². The van der Waals surface area contributed by atoms with Gasteiger partial charge in [-0.3, -0.25) is 0 Å². The third kappa shape index (κ3) is 4.21. The molecule has 2 nitrogen and oxygen atoms in total. The number of halogens is 1. The summed E-state index contributed by atoms with van der Waals surface area (Å²) in [5.74, 6) is 0.879. The summed E-state index contributed by atoms with van der Waals surface area (Å²) in [5.41, 5.74) is 5.52. The highest BCUT2D eigenvalue weighted by atomic mass is 35.5. The molecule has 12 heavy (non-hydrogen) atoms. The van der Waals surface area contributed by atoms with E-state index in [1.165, 1.54) is 0 Å². The molecule has 68 valence electrons. The molecule has 0 aliphatic carbocycles. The molecule has 1 aromatic carbocycles. The van der Waals surface area contributed by atoms with Crippen LogP contribution >= 0.6 is 12.4 Å². The van der Waals surface area contributed by atoms with E-state index in [-0.39, 0.29) is 18.4 Å². The lowest BCUT2D eigenvalue weighted by molar-refractivity contribution is 0.296. The summed E-state index contributed by atoms with van der Waals surface area (Å²) in [6.07, 6.45) is 0. The second kappa shape index (κ2) is 5.86. The van der Waals surface area contributed by atoms with Gasteiger partial charge in [-0.25, -0.2) is 0 Å². The van der Waals surface area contributed by atoms with Gasteiger partial charge in [-0.05, 0) is 19.1 Å². The van der Waals surface area contributed by atoms with Gasteiger partial charge in [0.1, 0.15) is 12.4 Å². The first-order chi connectivity index (χ1) is 5.29. The van der Waals surface area contributed by atoms with Gasteiger partial charge >= 0.3 is 0 Å². The molecule has 0 amide bonds. The minimum atomic E-state index is 0. The van der Waals surface area contributed by atoms with Gasteiger partial charge in [-0.15, -0.1) is 12.4 Å². The number of rotatable bonds is 3. The molecule has 3 heteroatoms. The fourth-order valence-electron chi connectivity index (χ4n) is 0.744. The Hall–Kier alpha value is -0.730.